The fourth-order valence-electron chi connectivity index (χ4n) is 8.62. The number of benzene rings is 7. The molecular formula is C49H31N5O. The molecule has 258 valence electrons. The monoisotopic (exact) mass is 705 g/mol. The summed E-state index contributed by atoms with van der Waals surface area (Å²) >= 11 is 0. The molecule has 0 atom stereocenters. The van der Waals surface area contributed by atoms with Crippen molar-refractivity contribution in [1.29, 1.82) is 0 Å². The number of nitrogens with one attached hydrogen (secondary N) is 1. The maximum Gasteiger partial charge on any atom is 0.197 e. The molecule has 0 aliphatic carbocycles. The molecule has 7 aromatic carbocycles. The van der Waals surface area contributed by atoms with Crippen LogP contribution < -0.4 is 5.32 Å². The third-order valence-corrected chi connectivity index (χ3v) is 11.2. The first-order chi connectivity index (χ1) is 27.3. The number of rotatable bonds is 4. The zero-order valence-corrected chi connectivity index (χ0v) is 29.6. The van der Waals surface area contributed by atoms with Gasteiger partial charge in [-0.2, -0.15) is 0 Å². The fourth-order valence-corrected chi connectivity index (χ4v) is 8.62. The Labute approximate surface area is 314 Å². The smallest absolute Gasteiger partial charge is 0.197 e. The van der Waals surface area contributed by atoms with Gasteiger partial charge in [0.05, 0.1) is 22.1 Å². The molecular weight excluding hydrogens is 675 g/mol. The van der Waals surface area contributed by atoms with E-state index in [1.54, 1.807) is 0 Å². The molecule has 0 spiro atoms. The second-order valence-electron chi connectivity index (χ2n) is 14.3. The van der Waals surface area contributed by atoms with Crippen LogP contribution in [0.4, 0.5) is 0 Å². The fraction of sp³-hybridized carbons (Fsp3) is 0.0204. The molecule has 5 heterocycles. The number of para-hydroxylation sites is 3. The van der Waals surface area contributed by atoms with E-state index < -0.39 is 0 Å². The highest BCUT2D eigenvalue weighted by atomic mass is 16.3. The largest absolute Gasteiger partial charge is 0.450 e. The molecule has 0 saturated heterocycles. The average molecular weight is 706 g/mol. The van der Waals surface area contributed by atoms with Crippen molar-refractivity contribution in [3.8, 4) is 22.9 Å². The van der Waals surface area contributed by atoms with Crippen LogP contribution in [0.3, 0.4) is 0 Å². The molecule has 11 aromatic rings. The van der Waals surface area contributed by atoms with E-state index in [2.05, 4.69) is 172 Å². The lowest BCUT2D eigenvalue weighted by Gasteiger charge is -2.11. The molecule has 0 unspecified atom stereocenters. The summed E-state index contributed by atoms with van der Waals surface area (Å²) in [6, 6.07) is 53.9. The number of allylic oxidation sites excluding steroid dienone is 2. The summed E-state index contributed by atoms with van der Waals surface area (Å²) in [5, 5.41) is 11.3. The second-order valence-corrected chi connectivity index (χ2v) is 14.3. The van der Waals surface area contributed by atoms with Crippen LogP contribution in [0.25, 0.3) is 105 Å². The first-order valence-corrected chi connectivity index (χ1v) is 18.6. The Morgan fingerprint density at radius 3 is 2.02 bits per heavy atom. The Morgan fingerprint density at radius 1 is 0.527 bits per heavy atom. The lowest BCUT2D eigenvalue weighted by atomic mass is 10.0. The van der Waals surface area contributed by atoms with Crippen LogP contribution in [0.2, 0.25) is 0 Å². The summed E-state index contributed by atoms with van der Waals surface area (Å²) in [4.78, 5) is 10.8. The van der Waals surface area contributed by atoms with E-state index in [1.807, 2.05) is 12.3 Å². The molecule has 0 amide bonds. The molecule has 1 N–H and O–H groups in total. The topological polar surface area (TPSA) is 60.8 Å². The number of fused-ring (bicyclic) bond motifs is 10. The van der Waals surface area contributed by atoms with E-state index in [1.165, 1.54) is 27.1 Å². The number of furan rings is 1. The van der Waals surface area contributed by atoms with Crippen molar-refractivity contribution in [2.24, 2.45) is 0 Å². The van der Waals surface area contributed by atoms with Gasteiger partial charge >= 0.3 is 0 Å². The predicted molar refractivity (Wildman–Crippen MR) is 226 cm³/mol. The molecule has 12 rings (SSSR count). The quantitative estimate of drug-likeness (QED) is 0.198. The Hall–Kier alpha value is -7.44. The molecule has 0 fully saturated rings. The number of dihydropyridines is 1. The molecule has 0 bridgehead atoms. The normalized spacial score (nSPS) is 13.2. The number of aromatic nitrogens is 4. The maximum atomic E-state index is 6.88. The van der Waals surface area contributed by atoms with Crippen molar-refractivity contribution in [2.45, 2.75) is 0 Å². The number of hydrogen-bond donors (Lipinski definition) is 1. The molecule has 0 saturated carbocycles. The Bertz CT molecular complexity index is 3440. The Balaban J connectivity index is 1.17. The van der Waals surface area contributed by atoms with E-state index in [0.717, 1.165) is 72.7 Å². The van der Waals surface area contributed by atoms with Gasteiger partial charge in [-0.05, 0) is 101 Å². The van der Waals surface area contributed by atoms with Crippen molar-refractivity contribution >= 4 is 82.0 Å². The predicted octanol–water partition coefficient (Wildman–Crippen LogP) is 11.9. The van der Waals surface area contributed by atoms with Gasteiger partial charge in [-0.1, -0.05) is 91.0 Å². The second kappa shape index (κ2) is 11.5. The van der Waals surface area contributed by atoms with Crippen LogP contribution in [0.5, 0.6) is 0 Å². The summed E-state index contributed by atoms with van der Waals surface area (Å²) < 4.78 is 11.5. The summed E-state index contributed by atoms with van der Waals surface area (Å²) in [6.07, 6.45) is 6.16. The van der Waals surface area contributed by atoms with Gasteiger partial charge in [0.2, 0.25) is 0 Å². The van der Waals surface area contributed by atoms with Crippen molar-refractivity contribution in [2.75, 3.05) is 6.54 Å². The first-order valence-electron chi connectivity index (χ1n) is 18.6. The van der Waals surface area contributed by atoms with E-state index in [9.17, 15) is 0 Å². The third kappa shape index (κ3) is 4.49. The van der Waals surface area contributed by atoms with Crippen LogP contribution in [0.15, 0.2) is 174 Å². The van der Waals surface area contributed by atoms with Crippen molar-refractivity contribution in [3.63, 3.8) is 0 Å². The van der Waals surface area contributed by atoms with Gasteiger partial charge in [-0.3, -0.25) is 4.57 Å². The SMILES string of the molecule is C1=CNCC(c2ccc3c(c2)oc2c(-n4c5ccccc5c5cc6ccccc6cc54)nc(-c4ccc5c(c4)c4ccccc4n5-c4ccccc4)nc23)=C1. The molecule has 1 aliphatic heterocycles. The lowest BCUT2D eigenvalue weighted by Crippen LogP contribution is -2.11. The molecule has 6 heteroatoms. The molecule has 4 aromatic heterocycles. The highest BCUT2D eigenvalue weighted by Crippen LogP contribution is 2.41. The van der Waals surface area contributed by atoms with Crippen molar-refractivity contribution in [1.82, 2.24) is 24.4 Å². The van der Waals surface area contributed by atoms with Gasteiger partial charge < -0.3 is 14.3 Å². The maximum absolute atomic E-state index is 6.88. The van der Waals surface area contributed by atoms with Crippen LogP contribution in [0.1, 0.15) is 5.56 Å². The highest BCUT2D eigenvalue weighted by Gasteiger charge is 2.23. The molecule has 1 aliphatic rings. The number of hydrogen-bond acceptors (Lipinski definition) is 4. The van der Waals surface area contributed by atoms with Crippen molar-refractivity contribution < 1.29 is 4.42 Å². The van der Waals surface area contributed by atoms with E-state index in [0.29, 0.717) is 17.2 Å². The highest BCUT2D eigenvalue weighted by molar-refractivity contribution is 6.15. The van der Waals surface area contributed by atoms with Crippen LogP contribution in [-0.4, -0.2) is 25.6 Å². The van der Waals surface area contributed by atoms with Crippen molar-refractivity contribution in [3.05, 3.63) is 176 Å². The van der Waals surface area contributed by atoms with Gasteiger partial charge in [0.15, 0.2) is 17.2 Å². The molecule has 0 radical (unpaired) electrons. The summed E-state index contributed by atoms with van der Waals surface area (Å²) in [6.45, 7) is 0.760. The summed E-state index contributed by atoms with van der Waals surface area (Å²) in [5.74, 6) is 1.36. The molecule has 55 heavy (non-hydrogen) atoms. The van der Waals surface area contributed by atoms with Gasteiger partial charge in [-0.25, -0.2) is 9.97 Å². The third-order valence-electron chi connectivity index (χ3n) is 11.2. The lowest BCUT2D eigenvalue weighted by molar-refractivity contribution is 0.662. The zero-order chi connectivity index (χ0) is 36.0. The summed E-state index contributed by atoms with van der Waals surface area (Å²) in [5.41, 5.74) is 11.0. The Kier molecular flexibility index (Phi) is 6.30. The minimum Gasteiger partial charge on any atom is -0.450 e. The average Bonchev–Trinajstić information content (AvgIpc) is 3.90. The van der Waals surface area contributed by atoms with Crippen LogP contribution in [-0.2, 0) is 0 Å². The van der Waals surface area contributed by atoms with Gasteiger partial charge in [0, 0.05) is 44.7 Å². The minimum atomic E-state index is 0.642. The Morgan fingerprint density at radius 2 is 1.22 bits per heavy atom. The first kappa shape index (κ1) is 30.1. The van der Waals surface area contributed by atoms with Gasteiger partial charge in [-0.15, -0.1) is 0 Å². The summed E-state index contributed by atoms with van der Waals surface area (Å²) in [7, 11) is 0. The van der Waals surface area contributed by atoms with Gasteiger partial charge in [0.1, 0.15) is 11.1 Å². The minimum absolute atomic E-state index is 0.642. The number of nitrogens with zero attached hydrogens (tertiary/aromatic N) is 4. The van der Waals surface area contributed by atoms with E-state index in [4.69, 9.17) is 14.4 Å². The standard InChI is InChI=1S/C49H31N5O/c1-2-14-35(15-3-1)53-41-18-8-6-16-36(41)39-26-33(21-23-43(39)53)48-51-46-38-22-20-32(34-13-10-24-50-29-34)28-45(38)55-47(46)49(52-48)54-42-19-9-7-17-37(42)40-25-30-11-4-5-12-31(30)27-44(40)54/h1-28,50H,29H2. The zero-order valence-electron chi connectivity index (χ0n) is 29.6. The van der Waals surface area contributed by atoms with E-state index >= 15 is 0 Å². The van der Waals surface area contributed by atoms with Crippen LogP contribution in [0, 0.1) is 0 Å². The van der Waals surface area contributed by atoms with E-state index in [-0.39, 0.29) is 0 Å². The van der Waals surface area contributed by atoms with Crippen LogP contribution >= 0.6 is 0 Å². The van der Waals surface area contributed by atoms with Gasteiger partial charge in [0.25, 0.3) is 0 Å². The molecule has 6 nitrogen and oxygen atoms in total.